The Morgan fingerprint density at radius 2 is 1.74 bits per heavy atom. The van der Waals surface area contributed by atoms with Gasteiger partial charge >= 0.3 is 0 Å². The van der Waals surface area contributed by atoms with E-state index in [1.54, 1.807) is 33.5 Å². The Hall–Kier alpha value is -2.15. The summed E-state index contributed by atoms with van der Waals surface area (Å²) in [4.78, 5) is 8.65. The molecule has 0 radical (unpaired) electrons. The molecule has 2 aliphatic rings. The molecular weight excluding hydrogens is 472 g/mol. The molecule has 1 unspecified atom stereocenters. The van der Waals surface area contributed by atoms with Gasteiger partial charge in [0.15, 0.2) is 0 Å². The maximum Gasteiger partial charge on any atom is 0.238 e. The Kier molecular flexibility index (Phi) is 8.04. The van der Waals surface area contributed by atoms with Crippen LogP contribution in [0.3, 0.4) is 0 Å². The van der Waals surface area contributed by atoms with E-state index in [0.717, 1.165) is 31.2 Å². The van der Waals surface area contributed by atoms with E-state index in [-0.39, 0.29) is 30.1 Å². The summed E-state index contributed by atoms with van der Waals surface area (Å²) in [6.45, 7) is 6.51. The van der Waals surface area contributed by atoms with E-state index in [1.165, 1.54) is 0 Å². The van der Waals surface area contributed by atoms with Crippen molar-refractivity contribution >= 4 is 16.0 Å². The second-order valence-corrected chi connectivity index (χ2v) is 11.6. The summed E-state index contributed by atoms with van der Waals surface area (Å²) in [7, 11) is -0.508. The first kappa shape index (κ1) is 25.9. The minimum absolute atomic E-state index is 0.0231. The molecule has 2 fully saturated rings. The van der Waals surface area contributed by atoms with Crippen LogP contribution < -0.4 is 4.72 Å². The second kappa shape index (κ2) is 10.9. The predicted octanol–water partition coefficient (Wildman–Crippen LogP) is 2.57. The highest BCUT2D eigenvalue weighted by atomic mass is 32.2. The van der Waals surface area contributed by atoms with Crippen molar-refractivity contribution in [2.75, 3.05) is 32.2 Å². The van der Waals surface area contributed by atoms with E-state index >= 15 is 0 Å². The third-order valence-corrected chi connectivity index (χ3v) is 9.15. The Balaban J connectivity index is 1.69. The molecule has 0 spiro atoms. The number of hydrogen-bond acceptors (Lipinski definition) is 9. The molecule has 1 N–H and O–H groups in total. The van der Waals surface area contributed by atoms with Crippen LogP contribution in [0.2, 0.25) is 0 Å². The summed E-state index contributed by atoms with van der Waals surface area (Å²) in [5.41, 5.74) is 0.916. The van der Waals surface area contributed by atoms with Gasteiger partial charge in [-0.25, -0.2) is 18.4 Å². The Morgan fingerprint density at radius 1 is 1.09 bits per heavy atom. The summed E-state index contributed by atoms with van der Waals surface area (Å²) in [5, 5.41) is 7.94. The maximum atomic E-state index is 13.5. The van der Waals surface area contributed by atoms with Gasteiger partial charge in [0.2, 0.25) is 16.0 Å². The van der Waals surface area contributed by atoms with Gasteiger partial charge in [-0.1, -0.05) is 6.92 Å². The number of nitrogens with one attached hydrogen (secondary N) is 1. The number of hydrogen-bond donors (Lipinski definition) is 1. The molecule has 0 aromatic carbocycles. The summed E-state index contributed by atoms with van der Waals surface area (Å²) in [6.07, 6.45) is 6.50. The van der Waals surface area contributed by atoms with Gasteiger partial charge in [-0.3, -0.25) is 9.29 Å². The van der Waals surface area contributed by atoms with Crippen LogP contribution in [-0.2, 0) is 24.2 Å². The minimum atomic E-state index is -3.86. The fraction of sp³-hybridized carbons (Fsp3) is 0.739. The molecule has 12 heteroatoms. The SMILES string of the molecule is CO[C@H]1CCC[C@@H](OC)C1n1c(NS(=O)(=O)[C@@H](C)[C@H](C)c2ncc(C)cn2)nnc1[C@H]1CCOC1. The highest BCUT2D eigenvalue weighted by Gasteiger charge is 2.41. The lowest BCUT2D eigenvalue weighted by atomic mass is 9.88. The maximum absolute atomic E-state index is 13.5. The molecule has 0 bridgehead atoms. The van der Waals surface area contributed by atoms with Crippen LogP contribution in [0.1, 0.15) is 74.6 Å². The highest BCUT2D eigenvalue weighted by molar-refractivity contribution is 7.93. The fourth-order valence-electron chi connectivity index (χ4n) is 4.97. The zero-order chi connectivity index (χ0) is 25.2. The van der Waals surface area contributed by atoms with Gasteiger partial charge in [-0.15, -0.1) is 10.2 Å². The zero-order valence-corrected chi connectivity index (χ0v) is 21.9. The van der Waals surface area contributed by atoms with Crippen LogP contribution in [0.25, 0.3) is 0 Å². The van der Waals surface area contributed by atoms with Crippen molar-refractivity contribution in [1.82, 2.24) is 24.7 Å². The quantitative estimate of drug-likeness (QED) is 0.543. The minimum Gasteiger partial charge on any atom is -0.381 e. The lowest BCUT2D eigenvalue weighted by Gasteiger charge is -2.38. The van der Waals surface area contributed by atoms with Crippen molar-refractivity contribution in [3.05, 3.63) is 29.6 Å². The van der Waals surface area contributed by atoms with E-state index in [0.29, 0.717) is 24.9 Å². The van der Waals surface area contributed by atoms with Gasteiger partial charge < -0.3 is 14.2 Å². The predicted molar refractivity (Wildman–Crippen MR) is 130 cm³/mol. The number of methoxy groups -OCH3 is 2. The smallest absolute Gasteiger partial charge is 0.238 e. The zero-order valence-electron chi connectivity index (χ0n) is 21.0. The number of sulfonamides is 1. The van der Waals surface area contributed by atoms with E-state index in [4.69, 9.17) is 14.2 Å². The average Bonchev–Trinajstić information content (AvgIpc) is 3.52. The number of aromatic nitrogens is 5. The van der Waals surface area contributed by atoms with Crippen LogP contribution in [0.4, 0.5) is 5.95 Å². The van der Waals surface area contributed by atoms with E-state index in [9.17, 15) is 8.42 Å². The Morgan fingerprint density at radius 3 is 2.31 bits per heavy atom. The molecule has 2 aromatic heterocycles. The molecule has 6 atom stereocenters. The van der Waals surface area contributed by atoms with Crippen LogP contribution in [0.15, 0.2) is 12.4 Å². The standard InChI is InChI=1S/C23H36N6O5S/c1-14-11-24-21(25-12-14)15(2)16(3)35(30,31)28-23-27-26-22(17-9-10-34-13-17)29(23)20-18(32-4)7-6-8-19(20)33-5/h11-12,15-20H,6-10,13H2,1-5H3,(H,27,28)/t15-,16-,17-,18-,19+,20?/m0/s1. The summed E-state index contributed by atoms with van der Waals surface area (Å²) in [6, 6.07) is -0.268. The van der Waals surface area contributed by atoms with Gasteiger partial charge in [0.1, 0.15) is 11.6 Å². The molecule has 1 saturated heterocycles. The molecular formula is C23H36N6O5S. The molecule has 11 nitrogen and oxygen atoms in total. The van der Waals surface area contributed by atoms with Gasteiger partial charge in [0.25, 0.3) is 0 Å². The van der Waals surface area contributed by atoms with Gasteiger partial charge in [-0.05, 0) is 45.1 Å². The number of rotatable bonds is 9. The number of anilines is 1. The average molecular weight is 509 g/mol. The molecule has 0 amide bonds. The lowest BCUT2D eigenvalue weighted by molar-refractivity contribution is -0.0564. The van der Waals surface area contributed by atoms with Crippen molar-refractivity contribution in [3.63, 3.8) is 0 Å². The first-order chi connectivity index (χ1) is 16.8. The Labute approximate surface area is 207 Å². The van der Waals surface area contributed by atoms with E-state index < -0.39 is 21.2 Å². The third kappa shape index (κ3) is 5.35. The lowest BCUT2D eigenvalue weighted by Crippen LogP contribution is -2.42. The highest BCUT2D eigenvalue weighted by Crippen LogP contribution is 2.38. The fourth-order valence-corrected chi connectivity index (χ4v) is 6.21. The van der Waals surface area contributed by atoms with Crippen molar-refractivity contribution < 1.29 is 22.6 Å². The normalized spacial score (nSPS) is 27.0. The van der Waals surface area contributed by atoms with Crippen LogP contribution in [0, 0.1) is 6.92 Å². The number of ether oxygens (including phenoxy) is 3. The first-order valence-corrected chi connectivity index (χ1v) is 13.7. The summed E-state index contributed by atoms with van der Waals surface area (Å²) in [5.74, 6) is 0.936. The molecule has 194 valence electrons. The van der Waals surface area contributed by atoms with Crippen molar-refractivity contribution in [3.8, 4) is 0 Å². The Bertz CT molecular complexity index is 1070. The monoisotopic (exact) mass is 508 g/mol. The third-order valence-electron chi connectivity index (χ3n) is 7.30. The summed E-state index contributed by atoms with van der Waals surface area (Å²) < 4.78 is 48.9. The molecule has 35 heavy (non-hydrogen) atoms. The second-order valence-electron chi connectivity index (χ2n) is 9.54. The topological polar surface area (TPSA) is 130 Å². The number of nitrogens with zero attached hydrogens (tertiary/aromatic N) is 5. The van der Waals surface area contributed by atoms with Crippen molar-refractivity contribution in [2.45, 2.75) is 81.8 Å². The van der Waals surface area contributed by atoms with Crippen LogP contribution in [-0.4, -0.2) is 78.0 Å². The van der Waals surface area contributed by atoms with Crippen LogP contribution in [0.5, 0.6) is 0 Å². The van der Waals surface area contributed by atoms with Crippen molar-refractivity contribution in [1.29, 1.82) is 0 Å². The van der Waals surface area contributed by atoms with Gasteiger partial charge in [0, 0.05) is 45.1 Å². The summed E-state index contributed by atoms with van der Waals surface area (Å²) >= 11 is 0. The molecule has 1 saturated carbocycles. The molecule has 1 aliphatic carbocycles. The number of aryl methyl sites for hydroxylation is 1. The van der Waals surface area contributed by atoms with Crippen molar-refractivity contribution in [2.24, 2.45) is 0 Å². The van der Waals surface area contributed by atoms with Gasteiger partial charge in [0.05, 0.1) is 30.1 Å². The molecule has 2 aromatic rings. The van der Waals surface area contributed by atoms with Gasteiger partial charge in [-0.2, -0.15) is 0 Å². The van der Waals surface area contributed by atoms with E-state index in [2.05, 4.69) is 24.9 Å². The molecule has 4 rings (SSSR count). The largest absolute Gasteiger partial charge is 0.381 e. The molecule has 1 aliphatic heterocycles. The van der Waals surface area contributed by atoms with Crippen LogP contribution >= 0.6 is 0 Å². The first-order valence-electron chi connectivity index (χ1n) is 12.1. The molecule has 3 heterocycles. The van der Waals surface area contributed by atoms with E-state index in [1.807, 2.05) is 18.4 Å².